The molecule has 0 spiro atoms. The Balaban J connectivity index is 3.16. The average molecular weight is 147 g/mol. The quantitative estimate of drug-likeness (QED) is 0.320. The van der Waals surface area contributed by atoms with E-state index in [0.29, 0.717) is 19.4 Å². The fraction of sp³-hybridized carbons (Fsp3) is 0.833. The van der Waals surface area contributed by atoms with Crippen molar-refractivity contribution in [3.63, 3.8) is 0 Å². The maximum atomic E-state index is 9.77. The van der Waals surface area contributed by atoms with Crippen molar-refractivity contribution in [3.05, 3.63) is 0 Å². The van der Waals surface area contributed by atoms with Crippen LogP contribution in [0.1, 0.15) is 6.42 Å². The van der Waals surface area contributed by atoms with Crippen LogP contribution < -0.4 is 5.32 Å². The molecule has 1 N–H and O–H groups in total. The zero-order valence-electron chi connectivity index (χ0n) is 6.29. The van der Waals surface area contributed by atoms with Crippen molar-refractivity contribution in [2.24, 2.45) is 0 Å². The van der Waals surface area contributed by atoms with Gasteiger partial charge in [0.25, 0.3) is 0 Å². The molecule has 4 heteroatoms. The number of nitrogens with one attached hydrogen (secondary N) is 1. The first-order chi connectivity index (χ1) is 4.85. The second kappa shape index (κ2) is 6.51. The van der Waals surface area contributed by atoms with Gasteiger partial charge in [0.1, 0.15) is 0 Å². The van der Waals surface area contributed by atoms with Gasteiger partial charge in [-0.25, -0.2) is 0 Å². The third-order valence-corrected chi connectivity index (χ3v) is 1.13. The van der Waals surface area contributed by atoms with Crippen LogP contribution in [-0.2, 0) is 14.3 Å². The van der Waals surface area contributed by atoms with Gasteiger partial charge >= 0.3 is 0 Å². The van der Waals surface area contributed by atoms with Gasteiger partial charge in [0, 0.05) is 27.2 Å². The van der Waals surface area contributed by atoms with Crippen LogP contribution in [0.2, 0.25) is 0 Å². The van der Waals surface area contributed by atoms with Crippen LogP contribution in [0.4, 0.5) is 0 Å². The summed E-state index contributed by atoms with van der Waals surface area (Å²) in [6.07, 6.45) is 1.11. The van der Waals surface area contributed by atoms with Crippen LogP contribution in [0.5, 0.6) is 0 Å². The van der Waals surface area contributed by atoms with Gasteiger partial charge in [-0.05, 0) is 0 Å². The summed E-state index contributed by atoms with van der Waals surface area (Å²) in [5.74, 6) is 0. The Hall–Kier alpha value is -0.610. The smallest absolute Gasteiger partial charge is 0.207 e. The van der Waals surface area contributed by atoms with Gasteiger partial charge < -0.3 is 14.8 Å². The fourth-order valence-electron chi connectivity index (χ4n) is 0.592. The Bertz CT molecular complexity index is 83.1. The number of hydrogen-bond acceptors (Lipinski definition) is 3. The molecule has 0 fully saturated rings. The summed E-state index contributed by atoms with van der Waals surface area (Å²) in [6.45, 7) is 0.579. The number of rotatable bonds is 6. The first kappa shape index (κ1) is 9.39. The topological polar surface area (TPSA) is 47.6 Å². The highest BCUT2D eigenvalue weighted by molar-refractivity contribution is 5.45. The zero-order chi connectivity index (χ0) is 7.82. The monoisotopic (exact) mass is 147 g/mol. The Morgan fingerprint density at radius 2 is 2.10 bits per heavy atom. The SMILES string of the molecule is COC(CCNC=O)OC. The first-order valence-corrected chi connectivity index (χ1v) is 3.07. The minimum absolute atomic E-state index is 0.215. The molecule has 0 rings (SSSR count). The first-order valence-electron chi connectivity index (χ1n) is 3.07. The molecule has 0 aromatic rings. The molecular formula is C6H13NO3. The Kier molecular flexibility index (Phi) is 6.11. The van der Waals surface area contributed by atoms with Crippen molar-refractivity contribution < 1.29 is 14.3 Å². The average Bonchev–Trinajstić information content (AvgIpc) is 1.99. The Morgan fingerprint density at radius 3 is 2.50 bits per heavy atom. The van der Waals surface area contributed by atoms with Crippen LogP contribution in [-0.4, -0.2) is 33.5 Å². The Morgan fingerprint density at radius 1 is 1.50 bits per heavy atom. The number of methoxy groups -OCH3 is 2. The van der Waals surface area contributed by atoms with E-state index in [2.05, 4.69) is 5.32 Å². The summed E-state index contributed by atoms with van der Waals surface area (Å²) in [6, 6.07) is 0. The van der Waals surface area contributed by atoms with Crippen molar-refractivity contribution in [2.45, 2.75) is 12.7 Å². The molecule has 0 saturated carbocycles. The predicted octanol–water partition coefficient (Wildman–Crippen LogP) is -0.259. The van der Waals surface area contributed by atoms with E-state index < -0.39 is 0 Å². The minimum atomic E-state index is -0.215. The molecule has 60 valence electrons. The minimum Gasteiger partial charge on any atom is -0.358 e. The normalized spacial score (nSPS) is 9.90. The molecule has 0 radical (unpaired) electrons. The molecule has 0 atom stereocenters. The molecule has 10 heavy (non-hydrogen) atoms. The van der Waals surface area contributed by atoms with Crippen molar-refractivity contribution in [3.8, 4) is 0 Å². The number of ether oxygens (including phenoxy) is 2. The van der Waals surface area contributed by atoms with Crippen LogP contribution in [0, 0.1) is 0 Å². The Labute approximate surface area is 60.5 Å². The molecule has 0 heterocycles. The van der Waals surface area contributed by atoms with Crippen LogP contribution in [0.15, 0.2) is 0 Å². The molecule has 1 amide bonds. The highest BCUT2D eigenvalue weighted by Crippen LogP contribution is 1.94. The number of hydrogen-bond donors (Lipinski definition) is 1. The lowest BCUT2D eigenvalue weighted by atomic mass is 10.4. The van der Waals surface area contributed by atoms with E-state index in [1.807, 2.05) is 0 Å². The predicted molar refractivity (Wildman–Crippen MR) is 36.5 cm³/mol. The van der Waals surface area contributed by atoms with E-state index in [1.165, 1.54) is 0 Å². The second-order valence-electron chi connectivity index (χ2n) is 1.76. The summed E-state index contributed by atoms with van der Waals surface area (Å²) >= 11 is 0. The van der Waals surface area contributed by atoms with E-state index in [1.54, 1.807) is 14.2 Å². The van der Waals surface area contributed by atoms with Gasteiger partial charge in [-0.3, -0.25) is 4.79 Å². The van der Waals surface area contributed by atoms with E-state index in [9.17, 15) is 4.79 Å². The van der Waals surface area contributed by atoms with Crippen LogP contribution >= 0.6 is 0 Å². The van der Waals surface area contributed by atoms with Crippen molar-refractivity contribution in [1.82, 2.24) is 5.32 Å². The molecular weight excluding hydrogens is 134 g/mol. The molecule has 0 aliphatic carbocycles. The largest absolute Gasteiger partial charge is 0.358 e. The standard InChI is InChI=1S/C6H13NO3/c1-9-6(10-2)3-4-7-5-8/h5-6H,3-4H2,1-2H3,(H,7,8). The fourth-order valence-corrected chi connectivity index (χ4v) is 0.592. The molecule has 0 aromatic carbocycles. The van der Waals surface area contributed by atoms with Gasteiger partial charge in [-0.15, -0.1) is 0 Å². The van der Waals surface area contributed by atoms with Gasteiger partial charge in [0.15, 0.2) is 6.29 Å². The lowest BCUT2D eigenvalue weighted by molar-refractivity contribution is -0.113. The van der Waals surface area contributed by atoms with E-state index in [0.717, 1.165) is 0 Å². The van der Waals surface area contributed by atoms with Crippen molar-refractivity contribution in [2.75, 3.05) is 20.8 Å². The third kappa shape index (κ3) is 4.29. The zero-order valence-corrected chi connectivity index (χ0v) is 6.29. The number of carbonyl (C=O) groups is 1. The van der Waals surface area contributed by atoms with Gasteiger partial charge in [-0.2, -0.15) is 0 Å². The molecule has 4 nitrogen and oxygen atoms in total. The molecule has 0 aliphatic heterocycles. The third-order valence-electron chi connectivity index (χ3n) is 1.13. The number of carbonyl (C=O) groups excluding carboxylic acids is 1. The summed E-state index contributed by atoms with van der Waals surface area (Å²) in [5, 5.41) is 2.51. The molecule has 0 saturated heterocycles. The van der Waals surface area contributed by atoms with Gasteiger partial charge in [-0.1, -0.05) is 0 Å². The van der Waals surface area contributed by atoms with E-state index in [4.69, 9.17) is 9.47 Å². The second-order valence-corrected chi connectivity index (χ2v) is 1.76. The van der Waals surface area contributed by atoms with Crippen molar-refractivity contribution in [1.29, 1.82) is 0 Å². The van der Waals surface area contributed by atoms with Crippen LogP contribution in [0.25, 0.3) is 0 Å². The molecule has 0 unspecified atom stereocenters. The lowest BCUT2D eigenvalue weighted by Crippen LogP contribution is -2.21. The maximum absolute atomic E-state index is 9.77. The summed E-state index contributed by atoms with van der Waals surface area (Å²) in [4.78, 5) is 9.77. The van der Waals surface area contributed by atoms with Gasteiger partial charge in [0.2, 0.25) is 6.41 Å². The number of amides is 1. The van der Waals surface area contributed by atoms with Crippen molar-refractivity contribution >= 4 is 6.41 Å². The maximum Gasteiger partial charge on any atom is 0.207 e. The summed E-state index contributed by atoms with van der Waals surface area (Å²) < 4.78 is 9.74. The molecule has 0 aliphatic rings. The lowest BCUT2D eigenvalue weighted by Gasteiger charge is -2.11. The highest BCUT2D eigenvalue weighted by atomic mass is 16.7. The highest BCUT2D eigenvalue weighted by Gasteiger charge is 2.01. The van der Waals surface area contributed by atoms with E-state index >= 15 is 0 Å². The van der Waals surface area contributed by atoms with Gasteiger partial charge in [0.05, 0.1) is 0 Å². The molecule has 0 bridgehead atoms. The van der Waals surface area contributed by atoms with Crippen LogP contribution in [0.3, 0.4) is 0 Å². The van der Waals surface area contributed by atoms with E-state index in [-0.39, 0.29) is 6.29 Å². The summed E-state index contributed by atoms with van der Waals surface area (Å²) in [5.41, 5.74) is 0. The molecule has 0 aromatic heterocycles. The summed E-state index contributed by atoms with van der Waals surface area (Å²) in [7, 11) is 3.13.